The topological polar surface area (TPSA) is 85.7 Å². The molecular weight excluding hydrogens is 557 g/mol. The van der Waals surface area contributed by atoms with Gasteiger partial charge in [0.2, 0.25) is 5.91 Å². The van der Waals surface area contributed by atoms with Gasteiger partial charge in [0.15, 0.2) is 0 Å². The number of benzene rings is 3. The molecule has 0 spiro atoms. The lowest BCUT2D eigenvalue weighted by Crippen LogP contribution is -2.48. The summed E-state index contributed by atoms with van der Waals surface area (Å²) in [5.74, 6) is 0.345. The van der Waals surface area contributed by atoms with Gasteiger partial charge in [-0.05, 0) is 93.6 Å². The van der Waals surface area contributed by atoms with Gasteiger partial charge in [-0.2, -0.15) is 0 Å². The first-order chi connectivity index (χ1) is 21.2. The van der Waals surface area contributed by atoms with Gasteiger partial charge in [-0.25, -0.2) is 9.37 Å². The fourth-order valence-corrected chi connectivity index (χ4v) is 6.21. The van der Waals surface area contributed by atoms with Gasteiger partial charge >= 0.3 is 0 Å². The number of aromatic nitrogens is 2. The average molecular weight is 598 g/mol. The quantitative estimate of drug-likeness (QED) is 0.268. The van der Waals surface area contributed by atoms with Crippen molar-refractivity contribution < 1.29 is 14.0 Å². The number of hydrogen-bond donors (Lipinski definition) is 2. The van der Waals surface area contributed by atoms with E-state index in [-0.39, 0.29) is 23.5 Å². The molecule has 2 aliphatic heterocycles. The molecule has 2 amide bonds. The molecule has 2 aliphatic rings. The maximum Gasteiger partial charge on any atom is 0.254 e. The Bertz CT molecular complexity index is 1670. The van der Waals surface area contributed by atoms with Crippen molar-refractivity contribution in [1.29, 1.82) is 0 Å². The van der Waals surface area contributed by atoms with Crippen molar-refractivity contribution in [2.45, 2.75) is 26.3 Å². The first-order valence-electron chi connectivity index (χ1n) is 15.4. The van der Waals surface area contributed by atoms with Crippen LogP contribution in [0.25, 0.3) is 22.4 Å². The van der Waals surface area contributed by atoms with Crippen LogP contribution in [0.15, 0.2) is 60.7 Å². The summed E-state index contributed by atoms with van der Waals surface area (Å²) in [6.07, 6.45) is 1.01. The molecule has 4 aromatic rings. The van der Waals surface area contributed by atoms with Crippen LogP contribution in [0, 0.1) is 11.7 Å². The minimum Gasteiger partial charge on any atom is -0.385 e. The fourth-order valence-electron chi connectivity index (χ4n) is 6.21. The van der Waals surface area contributed by atoms with E-state index >= 15 is 0 Å². The van der Waals surface area contributed by atoms with Gasteiger partial charge in [0.1, 0.15) is 17.7 Å². The van der Waals surface area contributed by atoms with Crippen LogP contribution >= 0.6 is 0 Å². The van der Waals surface area contributed by atoms with E-state index in [2.05, 4.69) is 40.6 Å². The first kappa shape index (κ1) is 29.6. The number of piperazine rings is 1. The zero-order valence-electron chi connectivity index (χ0n) is 25.8. The minimum atomic E-state index is -0.458. The zero-order chi connectivity index (χ0) is 31.0. The summed E-state index contributed by atoms with van der Waals surface area (Å²) >= 11 is 0. The van der Waals surface area contributed by atoms with E-state index < -0.39 is 6.04 Å². The second kappa shape index (κ2) is 12.3. The van der Waals surface area contributed by atoms with Crippen molar-refractivity contribution >= 4 is 39.9 Å². The number of carbonyl (C=O) groups excluding carboxylic acids is 2. The highest BCUT2D eigenvalue weighted by atomic mass is 19.1. The van der Waals surface area contributed by atoms with Crippen LogP contribution in [0.2, 0.25) is 0 Å². The largest absolute Gasteiger partial charge is 0.385 e. The summed E-state index contributed by atoms with van der Waals surface area (Å²) in [4.78, 5) is 38.4. The molecule has 3 heterocycles. The Kier molecular flexibility index (Phi) is 8.27. The molecule has 0 bridgehead atoms. The van der Waals surface area contributed by atoms with E-state index in [4.69, 9.17) is 4.98 Å². The van der Waals surface area contributed by atoms with Crippen LogP contribution in [0.1, 0.15) is 36.7 Å². The summed E-state index contributed by atoms with van der Waals surface area (Å²) in [6.45, 7) is 8.39. The molecule has 0 radical (unpaired) electrons. The highest BCUT2D eigenvalue weighted by Gasteiger charge is 2.34. The maximum absolute atomic E-state index is 13.6. The summed E-state index contributed by atoms with van der Waals surface area (Å²) in [7, 11) is 4.13. The molecule has 0 saturated carbocycles. The minimum absolute atomic E-state index is 0.0165. The Morgan fingerprint density at radius 2 is 1.80 bits per heavy atom. The predicted octanol–water partition coefficient (Wildman–Crippen LogP) is 5.32. The highest BCUT2D eigenvalue weighted by molar-refractivity contribution is 6.03. The molecule has 1 fully saturated rings. The Hall–Kier alpha value is -4.44. The van der Waals surface area contributed by atoms with Gasteiger partial charge in [-0.1, -0.05) is 13.8 Å². The molecule has 1 atom stereocenters. The lowest BCUT2D eigenvalue weighted by molar-refractivity contribution is -0.120. The van der Waals surface area contributed by atoms with Crippen molar-refractivity contribution in [2.75, 3.05) is 68.9 Å². The first-order valence-corrected chi connectivity index (χ1v) is 15.4. The van der Waals surface area contributed by atoms with Crippen molar-refractivity contribution in [1.82, 2.24) is 19.4 Å². The second-order valence-electron chi connectivity index (χ2n) is 12.3. The molecule has 0 unspecified atom stereocenters. The molecule has 0 aliphatic carbocycles. The third-order valence-electron chi connectivity index (χ3n) is 8.50. The van der Waals surface area contributed by atoms with Gasteiger partial charge in [-0.3, -0.25) is 9.59 Å². The number of carbonyl (C=O) groups is 2. The Morgan fingerprint density at radius 1 is 1.05 bits per heavy atom. The van der Waals surface area contributed by atoms with Crippen LogP contribution in [0.3, 0.4) is 0 Å². The SMILES string of the molecule is CC(C)[C@@H]1C(=O)Nc2ccc(NCCCN(C)C)cc2-c2nc3cc(C(=O)N4CCN(c5ccc(F)cc5)CC4)ccc3n21. The van der Waals surface area contributed by atoms with Crippen molar-refractivity contribution in [3.63, 3.8) is 0 Å². The Labute approximate surface area is 257 Å². The van der Waals surface area contributed by atoms with Gasteiger partial charge in [0, 0.05) is 55.2 Å². The molecule has 9 nitrogen and oxygen atoms in total. The van der Waals surface area contributed by atoms with Crippen molar-refractivity contribution in [2.24, 2.45) is 5.92 Å². The summed E-state index contributed by atoms with van der Waals surface area (Å²) in [5.41, 5.74) is 5.58. The number of nitrogens with one attached hydrogen (secondary N) is 2. The number of imidazole rings is 1. The summed E-state index contributed by atoms with van der Waals surface area (Å²) in [6, 6.07) is 17.6. The number of halogens is 1. The normalized spacial score (nSPS) is 16.6. The number of rotatable bonds is 8. The van der Waals surface area contributed by atoms with Crippen LogP contribution < -0.4 is 15.5 Å². The number of fused-ring (bicyclic) bond motifs is 5. The molecule has 3 aromatic carbocycles. The van der Waals surface area contributed by atoms with Crippen LogP contribution in [-0.4, -0.2) is 84.5 Å². The second-order valence-corrected chi connectivity index (χ2v) is 12.3. The molecular formula is C34H40FN7O2. The highest BCUT2D eigenvalue weighted by Crippen LogP contribution is 2.40. The number of hydrogen-bond acceptors (Lipinski definition) is 6. The molecule has 10 heteroatoms. The average Bonchev–Trinajstić information content (AvgIpc) is 3.32. The third-order valence-corrected chi connectivity index (χ3v) is 8.50. The van der Waals surface area contributed by atoms with Crippen LogP contribution in [-0.2, 0) is 4.79 Å². The number of nitrogens with zero attached hydrogens (tertiary/aromatic N) is 5. The van der Waals surface area contributed by atoms with E-state index in [0.29, 0.717) is 43.1 Å². The maximum atomic E-state index is 13.6. The molecule has 1 aromatic heterocycles. The van der Waals surface area contributed by atoms with E-state index in [0.717, 1.165) is 47.7 Å². The zero-order valence-corrected chi connectivity index (χ0v) is 25.8. The van der Waals surface area contributed by atoms with Gasteiger partial charge in [0.05, 0.1) is 16.7 Å². The molecule has 6 rings (SSSR count). The Balaban J connectivity index is 1.29. The summed E-state index contributed by atoms with van der Waals surface area (Å²) < 4.78 is 15.4. The van der Waals surface area contributed by atoms with Crippen LogP contribution in [0.5, 0.6) is 0 Å². The van der Waals surface area contributed by atoms with E-state index in [9.17, 15) is 14.0 Å². The van der Waals surface area contributed by atoms with E-state index in [1.807, 2.05) is 53.6 Å². The molecule has 44 heavy (non-hydrogen) atoms. The van der Waals surface area contributed by atoms with Crippen molar-refractivity contribution in [3.05, 3.63) is 72.0 Å². The van der Waals surface area contributed by atoms with E-state index in [1.54, 1.807) is 12.1 Å². The Morgan fingerprint density at radius 3 is 2.50 bits per heavy atom. The number of amides is 2. The summed E-state index contributed by atoms with van der Waals surface area (Å²) in [5, 5.41) is 6.64. The standard InChI is InChI=1S/C34H40FN7O2/c1-22(2)31-33(43)38-28-12-9-25(36-14-5-15-39(3)4)21-27(28)32-37-29-20-23(6-13-30(29)42(31)32)34(44)41-18-16-40(17-19-41)26-10-7-24(35)8-11-26/h6-13,20-22,31,36H,5,14-19H2,1-4H3,(H,38,43)/t31-/m1/s1. The van der Waals surface area contributed by atoms with Gasteiger partial charge < -0.3 is 29.9 Å². The van der Waals surface area contributed by atoms with E-state index in [1.165, 1.54) is 12.1 Å². The monoisotopic (exact) mass is 597 g/mol. The van der Waals surface area contributed by atoms with Crippen molar-refractivity contribution in [3.8, 4) is 11.4 Å². The van der Waals surface area contributed by atoms with Crippen LogP contribution in [0.4, 0.5) is 21.5 Å². The lowest BCUT2D eigenvalue weighted by atomic mass is 10.0. The number of anilines is 3. The molecule has 2 N–H and O–H groups in total. The van der Waals surface area contributed by atoms with Gasteiger partial charge in [-0.15, -0.1) is 0 Å². The van der Waals surface area contributed by atoms with Gasteiger partial charge in [0.25, 0.3) is 5.91 Å². The smallest absolute Gasteiger partial charge is 0.254 e. The lowest BCUT2D eigenvalue weighted by Gasteiger charge is -2.36. The fraction of sp³-hybridized carbons (Fsp3) is 0.382. The third kappa shape index (κ3) is 5.86. The predicted molar refractivity (Wildman–Crippen MR) is 174 cm³/mol. The molecule has 230 valence electrons. The molecule has 1 saturated heterocycles.